The van der Waals surface area contributed by atoms with Gasteiger partial charge < -0.3 is 10.2 Å². The van der Waals surface area contributed by atoms with Crippen molar-refractivity contribution in [3.05, 3.63) is 35.4 Å². The molecule has 1 N–H and O–H groups in total. The minimum absolute atomic E-state index is 0.0262. The lowest BCUT2D eigenvalue weighted by atomic mass is 9.76. The fourth-order valence-corrected chi connectivity index (χ4v) is 3.47. The summed E-state index contributed by atoms with van der Waals surface area (Å²) in [5.41, 5.74) is 1.89. The van der Waals surface area contributed by atoms with E-state index in [1.54, 1.807) is 18.7 Å². The van der Waals surface area contributed by atoms with Crippen molar-refractivity contribution in [2.75, 3.05) is 6.54 Å². The summed E-state index contributed by atoms with van der Waals surface area (Å²) in [5.74, 6) is 0.355. The van der Waals surface area contributed by atoms with E-state index >= 15 is 0 Å². The number of carbonyl (C=O) groups is 2. The molecule has 0 spiro atoms. The molecule has 3 rings (SSSR count). The van der Waals surface area contributed by atoms with Crippen LogP contribution in [-0.2, 0) is 16.0 Å². The van der Waals surface area contributed by atoms with Crippen molar-refractivity contribution < 1.29 is 9.59 Å². The predicted molar refractivity (Wildman–Crippen MR) is 80.9 cm³/mol. The zero-order valence-corrected chi connectivity index (χ0v) is 12.8. The molecule has 1 heterocycles. The molecule has 0 aromatic heterocycles. The maximum absolute atomic E-state index is 12.7. The summed E-state index contributed by atoms with van der Waals surface area (Å²) < 4.78 is 0. The number of hydrogen-bond acceptors (Lipinski definition) is 2. The van der Waals surface area contributed by atoms with Crippen LogP contribution in [0.2, 0.25) is 0 Å². The van der Waals surface area contributed by atoms with E-state index in [9.17, 15) is 9.59 Å². The van der Waals surface area contributed by atoms with Crippen LogP contribution in [0.5, 0.6) is 0 Å². The van der Waals surface area contributed by atoms with Crippen LogP contribution >= 0.6 is 0 Å². The van der Waals surface area contributed by atoms with Gasteiger partial charge in [0.2, 0.25) is 11.8 Å². The Morgan fingerprint density at radius 1 is 1.29 bits per heavy atom. The van der Waals surface area contributed by atoms with Crippen molar-refractivity contribution in [2.45, 2.75) is 51.1 Å². The van der Waals surface area contributed by atoms with E-state index < -0.39 is 5.54 Å². The molecule has 0 saturated carbocycles. The van der Waals surface area contributed by atoms with Gasteiger partial charge in [0.25, 0.3) is 0 Å². The summed E-state index contributed by atoms with van der Waals surface area (Å²) in [5, 5.41) is 2.83. The molecule has 4 nitrogen and oxygen atoms in total. The predicted octanol–water partition coefficient (Wildman–Crippen LogP) is 1.84. The smallest absolute Gasteiger partial charge is 0.248 e. The lowest BCUT2D eigenvalue weighted by Gasteiger charge is -2.45. The van der Waals surface area contributed by atoms with E-state index in [-0.39, 0.29) is 17.9 Å². The van der Waals surface area contributed by atoms with Crippen LogP contribution in [-0.4, -0.2) is 34.8 Å². The Hall–Kier alpha value is -1.84. The number of piperazine rings is 1. The first kappa shape index (κ1) is 14.1. The maximum atomic E-state index is 12.7. The Kier molecular flexibility index (Phi) is 3.27. The molecule has 0 radical (unpaired) electrons. The second kappa shape index (κ2) is 4.86. The molecular formula is C17H22N2O2. The van der Waals surface area contributed by atoms with Crippen molar-refractivity contribution in [1.82, 2.24) is 10.2 Å². The third kappa shape index (κ3) is 2.23. The molecule has 1 saturated heterocycles. The SMILES string of the molecule is CCC1C(=O)NC(C)(C)C(=O)N1CC1Cc2ccccc21. The van der Waals surface area contributed by atoms with Crippen molar-refractivity contribution in [2.24, 2.45) is 0 Å². The topological polar surface area (TPSA) is 49.4 Å². The maximum Gasteiger partial charge on any atom is 0.248 e. The number of benzene rings is 1. The summed E-state index contributed by atoms with van der Waals surface area (Å²) in [6, 6.07) is 8.02. The summed E-state index contributed by atoms with van der Waals surface area (Å²) in [4.78, 5) is 26.7. The molecule has 2 amide bonds. The van der Waals surface area contributed by atoms with Crippen molar-refractivity contribution in [3.8, 4) is 0 Å². The average Bonchev–Trinajstić information content (AvgIpc) is 2.41. The first-order chi connectivity index (χ1) is 9.94. The van der Waals surface area contributed by atoms with Crippen LogP contribution < -0.4 is 5.32 Å². The standard InChI is InChI=1S/C17H22N2O2/c1-4-14-15(20)18-17(2,3)16(21)19(14)10-12-9-11-7-5-6-8-13(11)12/h5-8,12,14H,4,9-10H2,1-3H3,(H,18,20). The Morgan fingerprint density at radius 3 is 2.67 bits per heavy atom. The minimum atomic E-state index is -0.800. The summed E-state index contributed by atoms with van der Waals surface area (Å²) >= 11 is 0. The highest BCUT2D eigenvalue weighted by Crippen LogP contribution is 2.36. The van der Waals surface area contributed by atoms with Gasteiger partial charge in [0.1, 0.15) is 11.6 Å². The van der Waals surface area contributed by atoms with Crippen molar-refractivity contribution in [3.63, 3.8) is 0 Å². The van der Waals surface area contributed by atoms with Gasteiger partial charge in [-0.05, 0) is 37.8 Å². The lowest BCUT2D eigenvalue weighted by Crippen LogP contribution is -2.68. The third-order valence-electron chi connectivity index (χ3n) is 4.68. The molecule has 2 unspecified atom stereocenters. The zero-order chi connectivity index (χ0) is 15.2. The summed E-state index contributed by atoms with van der Waals surface area (Å²) in [6.45, 7) is 6.16. The number of fused-ring (bicyclic) bond motifs is 1. The minimum Gasteiger partial charge on any atom is -0.340 e. The van der Waals surface area contributed by atoms with E-state index in [2.05, 4.69) is 17.4 Å². The van der Waals surface area contributed by atoms with E-state index in [0.29, 0.717) is 18.9 Å². The monoisotopic (exact) mass is 286 g/mol. The quantitative estimate of drug-likeness (QED) is 0.922. The van der Waals surface area contributed by atoms with Crippen LogP contribution in [0.4, 0.5) is 0 Å². The van der Waals surface area contributed by atoms with Crippen LogP contribution in [0.25, 0.3) is 0 Å². The Labute approximate surface area is 125 Å². The van der Waals surface area contributed by atoms with Gasteiger partial charge in [-0.1, -0.05) is 31.2 Å². The highest BCUT2D eigenvalue weighted by molar-refractivity contribution is 5.99. The fraction of sp³-hybridized carbons (Fsp3) is 0.529. The molecule has 21 heavy (non-hydrogen) atoms. The first-order valence-electron chi connectivity index (χ1n) is 7.65. The number of rotatable bonds is 3. The second-order valence-electron chi connectivity index (χ2n) is 6.60. The number of carbonyl (C=O) groups excluding carboxylic acids is 2. The van der Waals surface area contributed by atoms with Gasteiger partial charge in [-0.15, -0.1) is 0 Å². The normalized spacial score (nSPS) is 26.9. The molecular weight excluding hydrogens is 264 g/mol. The molecule has 1 aliphatic carbocycles. The molecule has 112 valence electrons. The highest BCUT2D eigenvalue weighted by Gasteiger charge is 2.45. The summed E-state index contributed by atoms with van der Waals surface area (Å²) in [7, 11) is 0. The molecule has 0 bridgehead atoms. The molecule has 1 fully saturated rings. The Balaban J connectivity index is 1.82. The number of nitrogens with one attached hydrogen (secondary N) is 1. The van der Waals surface area contributed by atoms with Gasteiger partial charge in [-0.3, -0.25) is 9.59 Å². The molecule has 2 atom stereocenters. The van der Waals surface area contributed by atoms with Crippen LogP contribution in [0, 0.1) is 0 Å². The molecule has 1 aromatic carbocycles. The van der Waals surface area contributed by atoms with E-state index in [0.717, 1.165) is 6.42 Å². The highest BCUT2D eigenvalue weighted by atomic mass is 16.2. The van der Waals surface area contributed by atoms with Gasteiger partial charge in [0, 0.05) is 12.5 Å². The fourth-order valence-electron chi connectivity index (χ4n) is 3.47. The van der Waals surface area contributed by atoms with Gasteiger partial charge in [0.05, 0.1) is 0 Å². The molecule has 4 heteroatoms. The van der Waals surface area contributed by atoms with Crippen molar-refractivity contribution in [1.29, 1.82) is 0 Å². The van der Waals surface area contributed by atoms with E-state index in [4.69, 9.17) is 0 Å². The van der Waals surface area contributed by atoms with Gasteiger partial charge >= 0.3 is 0 Å². The lowest BCUT2D eigenvalue weighted by molar-refractivity contribution is -0.154. The number of amides is 2. The summed E-state index contributed by atoms with van der Waals surface area (Å²) in [6.07, 6.45) is 1.65. The molecule has 1 aromatic rings. The Morgan fingerprint density at radius 2 is 2.00 bits per heavy atom. The number of nitrogens with zero attached hydrogens (tertiary/aromatic N) is 1. The van der Waals surface area contributed by atoms with Crippen LogP contribution in [0.3, 0.4) is 0 Å². The Bertz CT molecular complexity index is 594. The van der Waals surface area contributed by atoms with Crippen molar-refractivity contribution >= 4 is 11.8 Å². The zero-order valence-electron chi connectivity index (χ0n) is 12.8. The molecule has 2 aliphatic rings. The van der Waals surface area contributed by atoms with Gasteiger partial charge in [0.15, 0.2) is 0 Å². The van der Waals surface area contributed by atoms with E-state index in [1.165, 1.54) is 11.1 Å². The van der Waals surface area contributed by atoms with E-state index in [1.807, 2.05) is 19.1 Å². The van der Waals surface area contributed by atoms with Gasteiger partial charge in [-0.2, -0.15) is 0 Å². The third-order valence-corrected chi connectivity index (χ3v) is 4.68. The first-order valence-corrected chi connectivity index (χ1v) is 7.65. The average molecular weight is 286 g/mol. The largest absolute Gasteiger partial charge is 0.340 e. The van der Waals surface area contributed by atoms with Crippen LogP contribution in [0.1, 0.15) is 44.2 Å². The van der Waals surface area contributed by atoms with Crippen LogP contribution in [0.15, 0.2) is 24.3 Å². The van der Waals surface area contributed by atoms with Gasteiger partial charge in [-0.25, -0.2) is 0 Å². The second-order valence-corrected chi connectivity index (χ2v) is 6.60. The number of hydrogen-bond donors (Lipinski definition) is 1. The molecule has 1 aliphatic heterocycles.